The lowest BCUT2D eigenvalue weighted by molar-refractivity contribution is -0.147. The molecule has 0 saturated heterocycles. The number of hydrogen-bond donors (Lipinski definition) is 0. The molecule has 1 unspecified atom stereocenters. The van der Waals surface area contributed by atoms with Crippen LogP contribution in [0.5, 0.6) is 0 Å². The molecule has 3 aromatic rings. The molecule has 0 bridgehead atoms. The number of aldehydes is 1. The molecule has 2 amide bonds. The van der Waals surface area contributed by atoms with E-state index in [0.717, 1.165) is 56.4 Å². The van der Waals surface area contributed by atoms with Crippen LogP contribution in [0, 0.1) is 0 Å². The molecule has 1 fully saturated rings. The molecular formula is C37H46N2O9. The number of nitrogens with zero attached hydrogens (tertiary/aromatic N) is 2. The van der Waals surface area contributed by atoms with E-state index in [1.54, 1.807) is 70.4 Å². The molecular weight excluding hydrogens is 616 g/mol. The SMILES string of the molecule is COC(=O)c1ccc2c(C3CCCCC3)c(-c3ccccc3C=O)n(CC(C(=O)OC)N(C(=O)OC(C)(C)C)C(=O)OC(C)(C)C)c2c1. The van der Waals surface area contributed by atoms with Gasteiger partial charge in [0.1, 0.15) is 11.2 Å². The number of hydrogen-bond acceptors (Lipinski definition) is 9. The number of carbonyl (C=O) groups excluding carboxylic acids is 5. The summed E-state index contributed by atoms with van der Waals surface area (Å²) in [6, 6.07) is 10.8. The van der Waals surface area contributed by atoms with Crippen molar-refractivity contribution < 1.29 is 42.9 Å². The van der Waals surface area contributed by atoms with Crippen LogP contribution in [0.4, 0.5) is 9.59 Å². The molecule has 1 heterocycles. The summed E-state index contributed by atoms with van der Waals surface area (Å²) >= 11 is 0. The number of methoxy groups -OCH3 is 2. The van der Waals surface area contributed by atoms with Gasteiger partial charge in [0, 0.05) is 22.0 Å². The topological polar surface area (TPSA) is 130 Å². The van der Waals surface area contributed by atoms with E-state index in [1.807, 2.05) is 18.2 Å². The van der Waals surface area contributed by atoms with E-state index >= 15 is 0 Å². The first kappa shape index (κ1) is 36.2. The number of carbonyl (C=O) groups is 5. The third-order valence-electron chi connectivity index (χ3n) is 8.20. The largest absolute Gasteiger partial charge is 0.467 e. The molecule has 1 atom stereocenters. The molecule has 0 aliphatic heterocycles. The fourth-order valence-corrected chi connectivity index (χ4v) is 6.24. The summed E-state index contributed by atoms with van der Waals surface area (Å²) < 4.78 is 23.2. The van der Waals surface area contributed by atoms with Crippen LogP contribution >= 0.6 is 0 Å². The van der Waals surface area contributed by atoms with Crippen LogP contribution in [-0.2, 0) is 30.3 Å². The fourth-order valence-electron chi connectivity index (χ4n) is 6.24. The van der Waals surface area contributed by atoms with Crippen molar-refractivity contribution >= 4 is 41.3 Å². The van der Waals surface area contributed by atoms with Crippen LogP contribution in [0.2, 0.25) is 0 Å². The zero-order chi connectivity index (χ0) is 35.4. The van der Waals surface area contributed by atoms with Gasteiger partial charge in [0.15, 0.2) is 12.3 Å². The van der Waals surface area contributed by atoms with Gasteiger partial charge in [-0.3, -0.25) is 4.79 Å². The summed E-state index contributed by atoms with van der Waals surface area (Å²) in [6.07, 6.45) is 3.51. The highest BCUT2D eigenvalue weighted by molar-refractivity contribution is 6.01. The Labute approximate surface area is 281 Å². The Bertz CT molecular complexity index is 1660. The summed E-state index contributed by atoms with van der Waals surface area (Å²) in [6.45, 7) is 9.55. The zero-order valence-corrected chi connectivity index (χ0v) is 29.1. The molecule has 258 valence electrons. The molecule has 2 aromatic carbocycles. The number of benzene rings is 2. The van der Waals surface area contributed by atoms with Crippen molar-refractivity contribution in [3.63, 3.8) is 0 Å². The lowest BCUT2D eigenvalue weighted by Crippen LogP contribution is -2.53. The smallest absolute Gasteiger partial charge is 0.420 e. The van der Waals surface area contributed by atoms with Crippen LogP contribution in [0.1, 0.15) is 106 Å². The fraction of sp³-hybridized carbons (Fsp3) is 0.486. The van der Waals surface area contributed by atoms with Crippen LogP contribution in [0.15, 0.2) is 42.5 Å². The molecule has 1 aliphatic carbocycles. The molecule has 0 spiro atoms. The van der Waals surface area contributed by atoms with Crippen LogP contribution in [0.25, 0.3) is 22.2 Å². The molecule has 0 N–H and O–H groups in total. The zero-order valence-electron chi connectivity index (χ0n) is 29.1. The van der Waals surface area contributed by atoms with Gasteiger partial charge in [0.05, 0.1) is 32.0 Å². The Kier molecular flexibility index (Phi) is 11.0. The molecule has 1 aliphatic rings. The van der Waals surface area contributed by atoms with Crippen molar-refractivity contribution in [2.45, 2.75) is 103 Å². The molecule has 0 radical (unpaired) electrons. The van der Waals surface area contributed by atoms with Crippen molar-refractivity contribution in [2.75, 3.05) is 14.2 Å². The standard InChI is InChI=1S/C37H46N2O9/c1-36(2,3)47-34(43)39(35(44)48-37(4,5)6)29(33(42)46-8)21-38-28-20-24(32(41)45-7)18-19-27(28)30(23-14-10-9-11-15-23)31(38)26-17-13-12-16-25(26)22-40/h12-13,16-20,22-23,29H,9-11,14-15,21H2,1-8H3. The van der Waals surface area contributed by atoms with E-state index < -0.39 is 41.4 Å². The van der Waals surface area contributed by atoms with E-state index in [1.165, 1.54) is 7.11 Å². The maximum absolute atomic E-state index is 13.8. The first-order valence-electron chi connectivity index (χ1n) is 16.2. The number of imide groups is 1. The lowest BCUT2D eigenvalue weighted by atomic mass is 9.81. The van der Waals surface area contributed by atoms with Crippen LogP contribution in [0.3, 0.4) is 0 Å². The van der Waals surface area contributed by atoms with Crippen molar-refractivity contribution in [3.05, 3.63) is 59.2 Å². The number of aromatic nitrogens is 1. The number of fused-ring (bicyclic) bond motifs is 1. The van der Waals surface area contributed by atoms with Crippen molar-refractivity contribution in [3.8, 4) is 11.3 Å². The predicted octanol–water partition coefficient (Wildman–Crippen LogP) is 7.67. The summed E-state index contributed by atoms with van der Waals surface area (Å²) in [5.41, 5.74) is 1.40. The molecule has 4 rings (SSSR count). The Balaban J connectivity index is 2.08. The van der Waals surface area contributed by atoms with Gasteiger partial charge in [-0.15, -0.1) is 0 Å². The number of ether oxygens (including phenoxy) is 4. The van der Waals surface area contributed by atoms with E-state index in [9.17, 15) is 24.0 Å². The third kappa shape index (κ3) is 8.06. The van der Waals surface area contributed by atoms with Gasteiger partial charge in [-0.1, -0.05) is 49.6 Å². The minimum Gasteiger partial charge on any atom is -0.467 e. The third-order valence-corrected chi connectivity index (χ3v) is 8.20. The Morgan fingerprint density at radius 1 is 0.875 bits per heavy atom. The van der Waals surface area contributed by atoms with Crippen LogP contribution in [-0.4, -0.2) is 71.3 Å². The molecule has 1 aromatic heterocycles. The number of rotatable bonds is 8. The second-order valence-corrected chi connectivity index (χ2v) is 14.0. The predicted molar refractivity (Wildman–Crippen MR) is 180 cm³/mol. The number of amides is 2. The highest BCUT2D eigenvalue weighted by Gasteiger charge is 2.42. The van der Waals surface area contributed by atoms with Gasteiger partial charge in [-0.2, -0.15) is 4.90 Å². The van der Waals surface area contributed by atoms with Crippen molar-refractivity contribution in [2.24, 2.45) is 0 Å². The second kappa shape index (κ2) is 14.6. The first-order chi connectivity index (χ1) is 22.6. The molecule has 1 saturated carbocycles. The Morgan fingerprint density at radius 2 is 1.48 bits per heavy atom. The van der Waals surface area contributed by atoms with E-state index in [0.29, 0.717) is 27.2 Å². The normalized spacial score (nSPS) is 14.6. The van der Waals surface area contributed by atoms with Gasteiger partial charge in [-0.05, 0) is 78.0 Å². The van der Waals surface area contributed by atoms with Gasteiger partial charge in [0.25, 0.3) is 0 Å². The summed E-state index contributed by atoms with van der Waals surface area (Å²) in [5.74, 6) is -1.36. The lowest BCUT2D eigenvalue weighted by Gasteiger charge is -2.33. The first-order valence-corrected chi connectivity index (χ1v) is 16.2. The summed E-state index contributed by atoms with van der Waals surface area (Å²) in [4.78, 5) is 67.1. The Morgan fingerprint density at radius 3 is 2.02 bits per heavy atom. The van der Waals surface area contributed by atoms with Crippen molar-refractivity contribution in [1.82, 2.24) is 9.47 Å². The minimum absolute atomic E-state index is 0.102. The highest BCUT2D eigenvalue weighted by Crippen LogP contribution is 2.45. The van der Waals surface area contributed by atoms with Crippen molar-refractivity contribution in [1.29, 1.82) is 0 Å². The molecule has 11 heteroatoms. The highest BCUT2D eigenvalue weighted by atomic mass is 16.6. The minimum atomic E-state index is -1.57. The van der Waals surface area contributed by atoms with Crippen LogP contribution < -0.4 is 0 Å². The summed E-state index contributed by atoms with van der Waals surface area (Å²) in [5, 5.41) is 0.815. The molecule has 48 heavy (non-hydrogen) atoms. The monoisotopic (exact) mass is 662 g/mol. The number of esters is 2. The maximum atomic E-state index is 13.8. The quantitative estimate of drug-likeness (QED) is 0.135. The Hall–Kier alpha value is -4.67. The van der Waals surface area contributed by atoms with Gasteiger partial charge in [-0.25, -0.2) is 19.2 Å². The second-order valence-electron chi connectivity index (χ2n) is 14.0. The van der Waals surface area contributed by atoms with Gasteiger partial charge >= 0.3 is 24.1 Å². The van der Waals surface area contributed by atoms with E-state index in [4.69, 9.17) is 18.9 Å². The summed E-state index contributed by atoms with van der Waals surface area (Å²) in [7, 11) is 2.45. The van der Waals surface area contributed by atoms with Gasteiger partial charge in [0.2, 0.25) is 0 Å². The average Bonchev–Trinajstić information content (AvgIpc) is 3.35. The van der Waals surface area contributed by atoms with E-state index in [2.05, 4.69) is 0 Å². The molecule has 11 nitrogen and oxygen atoms in total. The maximum Gasteiger partial charge on any atom is 0.420 e. The van der Waals surface area contributed by atoms with Gasteiger partial charge < -0.3 is 23.5 Å². The average molecular weight is 663 g/mol. The van der Waals surface area contributed by atoms with E-state index in [-0.39, 0.29) is 18.0 Å².